The summed E-state index contributed by atoms with van der Waals surface area (Å²) in [7, 11) is 2.09. The van der Waals surface area contributed by atoms with E-state index in [1.54, 1.807) is 0 Å². The zero-order valence-electron chi connectivity index (χ0n) is 11.8. The second-order valence-corrected chi connectivity index (χ2v) is 6.98. The summed E-state index contributed by atoms with van der Waals surface area (Å²) in [5.41, 5.74) is 1.44. The summed E-state index contributed by atoms with van der Waals surface area (Å²) >= 11 is 2.07. The summed E-state index contributed by atoms with van der Waals surface area (Å²) in [5.74, 6) is 0.634. The Kier molecular flexibility index (Phi) is 5.13. The molecule has 0 saturated heterocycles. The summed E-state index contributed by atoms with van der Waals surface area (Å²) in [6, 6.07) is 9.91. The number of rotatable bonds is 4. The van der Waals surface area contributed by atoms with Crippen LogP contribution in [0.25, 0.3) is 0 Å². The molecule has 0 amide bonds. The monoisotopic (exact) mass is 263 g/mol. The molecule has 1 aliphatic rings. The summed E-state index contributed by atoms with van der Waals surface area (Å²) in [6.07, 6.45) is 5.36. The smallest absolute Gasteiger partial charge is 0.00955 e. The highest BCUT2D eigenvalue weighted by Crippen LogP contribution is 2.34. The van der Waals surface area contributed by atoms with E-state index in [0.717, 1.165) is 11.3 Å². The van der Waals surface area contributed by atoms with E-state index in [0.29, 0.717) is 5.92 Å². The second kappa shape index (κ2) is 6.63. The standard InChI is InChI=1S/C16H25NS/c1-12(2)13-4-8-15(9-5-13)18-16-10-6-14(17-3)7-11-16/h4-5,8-9,12,14,16-17H,6-7,10-11H2,1-3H3. The molecule has 1 aromatic carbocycles. The second-order valence-electron chi connectivity index (χ2n) is 5.60. The van der Waals surface area contributed by atoms with Crippen molar-refractivity contribution >= 4 is 11.8 Å². The quantitative estimate of drug-likeness (QED) is 0.862. The Morgan fingerprint density at radius 2 is 1.67 bits per heavy atom. The maximum absolute atomic E-state index is 3.40. The van der Waals surface area contributed by atoms with Gasteiger partial charge in [-0.15, -0.1) is 11.8 Å². The third-order valence-electron chi connectivity index (χ3n) is 3.93. The van der Waals surface area contributed by atoms with Crippen LogP contribution in [0.4, 0.5) is 0 Å². The molecule has 0 aliphatic heterocycles. The zero-order valence-corrected chi connectivity index (χ0v) is 12.6. The highest BCUT2D eigenvalue weighted by Gasteiger charge is 2.20. The molecular formula is C16H25NS. The van der Waals surface area contributed by atoms with E-state index < -0.39 is 0 Å². The lowest BCUT2D eigenvalue weighted by atomic mass is 9.95. The topological polar surface area (TPSA) is 12.0 Å². The van der Waals surface area contributed by atoms with Crippen LogP contribution >= 0.6 is 11.8 Å². The Balaban J connectivity index is 1.86. The van der Waals surface area contributed by atoms with Gasteiger partial charge in [0.25, 0.3) is 0 Å². The van der Waals surface area contributed by atoms with Gasteiger partial charge < -0.3 is 5.32 Å². The zero-order chi connectivity index (χ0) is 13.0. The lowest BCUT2D eigenvalue weighted by Gasteiger charge is -2.27. The van der Waals surface area contributed by atoms with E-state index in [-0.39, 0.29) is 0 Å². The molecule has 0 bridgehead atoms. The molecular weight excluding hydrogens is 238 g/mol. The van der Waals surface area contributed by atoms with Crippen molar-refractivity contribution in [2.24, 2.45) is 0 Å². The highest BCUT2D eigenvalue weighted by atomic mass is 32.2. The van der Waals surface area contributed by atoms with Crippen LogP contribution in [-0.2, 0) is 0 Å². The van der Waals surface area contributed by atoms with Gasteiger partial charge in [-0.3, -0.25) is 0 Å². The SMILES string of the molecule is CNC1CCC(Sc2ccc(C(C)C)cc2)CC1. The molecule has 1 aromatic rings. The number of benzene rings is 1. The van der Waals surface area contributed by atoms with Crippen molar-refractivity contribution in [2.75, 3.05) is 7.05 Å². The van der Waals surface area contributed by atoms with Crippen LogP contribution in [0.3, 0.4) is 0 Å². The van der Waals surface area contributed by atoms with Crippen molar-refractivity contribution in [3.8, 4) is 0 Å². The Morgan fingerprint density at radius 1 is 1.06 bits per heavy atom. The van der Waals surface area contributed by atoms with Gasteiger partial charge in [0.15, 0.2) is 0 Å². The third kappa shape index (κ3) is 3.76. The van der Waals surface area contributed by atoms with Gasteiger partial charge in [0.05, 0.1) is 0 Å². The first-order valence-electron chi connectivity index (χ1n) is 7.13. The number of nitrogens with one attached hydrogen (secondary N) is 1. The summed E-state index contributed by atoms with van der Waals surface area (Å²) < 4.78 is 0. The van der Waals surface area contributed by atoms with Crippen molar-refractivity contribution < 1.29 is 0 Å². The lowest BCUT2D eigenvalue weighted by molar-refractivity contribution is 0.401. The molecule has 18 heavy (non-hydrogen) atoms. The van der Waals surface area contributed by atoms with Gasteiger partial charge in [0, 0.05) is 16.2 Å². The molecule has 1 nitrogen and oxygen atoms in total. The fraction of sp³-hybridized carbons (Fsp3) is 0.625. The summed E-state index contributed by atoms with van der Waals surface area (Å²) in [5, 5.41) is 4.22. The Morgan fingerprint density at radius 3 is 2.17 bits per heavy atom. The van der Waals surface area contributed by atoms with Crippen LogP contribution in [0.2, 0.25) is 0 Å². The first-order chi connectivity index (χ1) is 8.69. The molecule has 0 unspecified atom stereocenters. The van der Waals surface area contributed by atoms with E-state index in [2.05, 4.69) is 62.2 Å². The van der Waals surface area contributed by atoms with Crippen molar-refractivity contribution in [1.29, 1.82) is 0 Å². The minimum absolute atomic E-state index is 0.634. The highest BCUT2D eigenvalue weighted by molar-refractivity contribution is 8.00. The van der Waals surface area contributed by atoms with Gasteiger partial charge in [-0.2, -0.15) is 0 Å². The van der Waals surface area contributed by atoms with E-state index >= 15 is 0 Å². The predicted octanol–water partition coefficient (Wildman–Crippen LogP) is 4.43. The fourth-order valence-corrected chi connectivity index (χ4v) is 3.78. The van der Waals surface area contributed by atoms with Crippen LogP contribution in [0.1, 0.15) is 51.0 Å². The Bertz CT molecular complexity index is 350. The molecule has 0 aromatic heterocycles. The van der Waals surface area contributed by atoms with Gasteiger partial charge in [0.2, 0.25) is 0 Å². The van der Waals surface area contributed by atoms with Crippen LogP contribution in [-0.4, -0.2) is 18.3 Å². The molecule has 100 valence electrons. The third-order valence-corrected chi connectivity index (χ3v) is 5.28. The van der Waals surface area contributed by atoms with Gasteiger partial charge in [0.1, 0.15) is 0 Å². The van der Waals surface area contributed by atoms with Crippen molar-refractivity contribution in [1.82, 2.24) is 5.32 Å². The molecule has 2 rings (SSSR count). The van der Waals surface area contributed by atoms with Crippen LogP contribution in [0, 0.1) is 0 Å². The number of hydrogen-bond donors (Lipinski definition) is 1. The maximum Gasteiger partial charge on any atom is 0.00955 e. The average molecular weight is 263 g/mol. The first kappa shape index (κ1) is 14.0. The maximum atomic E-state index is 3.40. The van der Waals surface area contributed by atoms with Gasteiger partial charge in [-0.25, -0.2) is 0 Å². The molecule has 0 spiro atoms. The molecule has 1 N–H and O–H groups in total. The molecule has 1 aliphatic carbocycles. The molecule has 2 heteroatoms. The Labute approximate surface area is 116 Å². The average Bonchev–Trinajstić information content (AvgIpc) is 2.40. The van der Waals surface area contributed by atoms with Gasteiger partial charge >= 0.3 is 0 Å². The normalized spacial score (nSPS) is 24.4. The largest absolute Gasteiger partial charge is 0.317 e. The van der Waals surface area contributed by atoms with Crippen LogP contribution < -0.4 is 5.32 Å². The lowest BCUT2D eigenvalue weighted by Crippen LogP contribution is -2.30. The van der Waals surface area contributed by atoms with E-state index in [1.807, 2.05) is 0 Å². The molecule has 0 radical (unpaired) electrons. The van der Waals surface area contributed by atoms with Gasteiger partial charge in [-0.05, 0) is 56.3 Å². The fourth-order valence-electron chi connectivity index (χ4n) is 2.59. The number of hydrogen-bond acceptors (Lipinski definition) is 2. The summed E-state index contributed by atoms with van der Waals surface area (Å²) in [4.78, 5) is 1.44. The van der Waals surface area contributed by atoms with Crippen molar-refractivity contribution in [3.63, 3.8) is 0 Å². The summed E-state index contributed by atoms with van der Waals surface area (Å²) in [6.45, 7) is 4.50. The van der Waals surface area contributed by atoms with E-state index in [1.165, 1.54) is 36.1 Å². The minimum Gasteiger partial charge on any atom is -0.317 e. The predicted molar refractivity (Wildman–Crippen MR) is 81.5 cm³/mol. The number of thioether (sulfide) groups is 1. The van der Waals surface area contributed by atoms with Crippen LogP contribution in [0.5, 0.6) is 0 Å². The van der Waals surface area contributed by atoms with E-state index in [9.17, 15) is 0 Å². The molecule has 1 saturated carbocycles. The van der Waals surface area contributed by atoms with E-state index in [4.69, 9.17) is 0 Å². The Hall–Kier alpha value is -0.470. The molecule has 0 heterocycles. The van der Waals surface area contributed by atoms with Crippen LogP contribution in [0.15, 0.2) is 29.2 Å². The molecule has 1 fully saturated rings. The molecule has 0 atom stereocenters. The van der Waals surface area contributed by atoms with Crippen molar-refractivity contribution in [2.45, 2.75) is 61.6 Å². The van der Waals surface area contributed by atoms with Gasteiger partial charge in [-0.1, -0.05) is 26.0 Å². The minimum atomic E-state index is 0.634. The first-order valence-corrected chi connectivity index (χ1v) is 8.01. The van der Waals surface area contributed by atoms with Crippen molar-refractivity contribution in [3.05, 3.63) is 29.8 Å².